The molecule has 0 amide bonds. The van der Waals surface area contributed by atoms with Crippen molar-refractivity contribution < 1.29 is 4.92 Å². The Morgan fingerprint density at radius 3 is 3.00 bits per heavy atom. The molecule has 1 aromatic heterocycles. The number of aryl methyl sites for hydroxylation is 1. The van der Waals surface area contributed by atoms with E-state index >= 15 is 0 Å². The Morgan fingerprint density at radius 2 is 2.21 bits per heavy atom. The standard InChI is InChI=1S/C13H18N4O2/c1-9-6-12(17(18)19)13(14-7-9)16-5-4-10-2-3-11(8-16)15-10/h6-7,10-11,15H,2-5,8H2,1H3. The second-order valence-corrected chi connectivity index (χ2v) is 5.49. The number of nitro groups is 1. The van der Waals surface area contributed by atoms with Crippen molar-refractivity contribution in [2.24, 2.45) is 0 Å². The van der Waals surface area contributed by atoms with Gasteiger partial charge in [0.2, 0.25) is 5.82 Å². The summed E-state index contributed by atoms with van der Waals surface area (Å²) in [5.41, 5.74) is 0.947. The van der Waals surface area contributed by atoms with Crippen LogP contribution < -0.4 is 10.2 Å². The number of nitrogens with one attached hydrogen (secondary N) is 1. The van der Waals surface area contributed by atoms with Crippen LogP contribution in [0.1, 0.15) is 24.8 Å². The molecule has 0 aromatic carbocycles. The van der Waals surface area contributed by atoms with E-state index in [4.69, 9.17) is 0 Å². The summed E-state index contributed by atoms with van der Waals surface area (Å²) < 4.78 is 0. The number of fused-ring (bicyclic) bond motifs is 2. The van der Waals surface area contributed by atoms with E-state index in [2.05, 4.69) is 15.2 Å². The lowest BCUT2D eigenvalue weighted by Crippen LogP contribution is -2.36. The highest BCUT2D eigenvalue weighted by Gasteiger charge is 2.32. The van der Waals surface area contributed by atoms with Crippen LogP contribution in [0, 0.1) is 17.0 Å². The first-order valence-corrected chi connectivity index (χ1v) is 6.75. The summed E-state index contributed by atoms with van der Waals surface area (Å²) in [6.45, 7) is 3.48. The lowest BCUT2D eigenvalue weighted by Gasteiger charge is -2.24. The quantitative estimate of drug-likeness (QED) is 0.648. The second-order valence-electron chi connectivity index (χ2n) is 5.49. The first-order valence-electron chi connectivity index (χ1n) is 6.75. The van der Waals surface area contributed by atoms with Crippen molar-refractivity contribution >= 4 is 11.5 Å². The smallest absolute Gasteiger partial charge is 0.311 e. The van der Waals surface area contributed by atoms with Gasteiger partial charge in [0, 0.05) is 37.4 Å². The molecule has 6 nitrogen and oxygen atoms in total. The average molecular weight is 262 g/mol. The van der Waals surface area contributed by atoms with Crippen molar-refractivity contribution in [2.45, 2.75) is 38.3 Å². The molecule has 0 saturated carbocycles. The largest absolute Gasteiger partial charge is 0.349 e. The Labute approximate surface area is 112 Å². The molecule has 2 unspecified atom stereocenters. The van der Waals surface area contributed by atoms with Crippen molar-refractivity contribution in [1.82, 2.24) is 10.3 Å². The zero-order valence-electron chi connectivity index (χ0n) is 11.0. The van der Waals surface area contributed by atoms with Gasteiger partial charge in [-0.25, -0.2) is 4.98 Å². The predicted molar refractivity (Wildman–Crippen MR) is 72.4 cm³/mol. The van der Waals surface area contributed by atoms with Crippen LogP contribution in [-0.2, 0) is 0 Å². The van der Waals surface area contributed by atoms with Gasteiger partial charge < -0.3 is 10.2 Å². The van der Waals surface area contributed by atoms with Crippen LogP contribution in [0.3, 0.4) is 0 Å². The number of rotatable bonds is 2. The second kappa shape index (κ2) is 4.77. The Bertz CT molecular complexity index is 505. The van der Waals surface area contributed by atoms with Crippen molar-refractivity contribution in [1.29, 1.82) is 0 Å². The third-order valence-electron chi connectivity index (χ3n) is 4.00. The highest BCUT2D eigenvalue weighted by molar-refractivity contribution is 5.58. The van der Waals surface area contributed by atoms with Crippen molar-refractivity contribution in [2.75, 3.05) is 18.0 Å². The molecule has 1 aromatic rings. The van der Waals surface area contributed by atoms with Crippen molar-refractivity contribution in [3.05, 3.63) is 27.9 Å². The summed E-state index contributed by atoms with van der Waals surface area (Å²) in [5.74, 6) is 0.518. The maximum atomic E-state index is 11.2. The Morgan fingerprint density at radius 1 is 1.42 bits per heavy atom. The maximum absolute atomic E-state index is 11.2. The van der Waals surface area contributed by atoms with E-state index in [0.29, 0.717) is 17.9 Å². The minimum atomic E-state index is -0.327. The zero-order valence-corrected chi connectivity index (χ0v) is 11.0. The SMILES string of the molecule is Cc1cnc(N2CCC3CCC(C2)N3)c([N+](=O)[O-])c1. The molecule has 3 rings (SSSR count). The van der Waals surface area contributed by atoms with E-state index in [1.807, 2.05) is 6.92 Å². The average Bonchev–Trinajstić information content (AvgIpc) is 2.69. The molecule has 2 fully saturated rings. The first-order chi connectivity index (χ1) is 9.13. The molecule has 0 spiro atoms. The third kappa shape index (κ3) is 2.40. The lowest BCUT2D eigenvalue weighted by molar-refractivity contribution is -0.384. The van der Waals surface area contributed by atoms with E-state index in [1.165, 1.54) is 6.42 Å². The summed E-state index contributed by atoms with van der Waals surface area (Å²) in [4.78, 5) is 17.2. The number of anilines is 1. The predicted octanol–water partition coefficient (Wildman–Crippen LogP) is 1.63. The van der Waals surface area contributed by atoms with Crippen LogP contribution in [0.15, 0.2) is 12.3 Å². The number of hydrogen-bond acceptors (Lipinski definition) is 5. The van der Waals surface area contributed by atoms with E-state index in [1.54, 1.807) is 12.3 Å². The normalized spacial score (nSPS) is 26.3. The van der Waals surface area contributed by atoms with E-state index in [0.717, 1.165) is 31.5 Å². The molecule has 2 aliphatic rings. The van der Waals surface area contributed by atoms with Crippen LogP contribution in [0.4, 0.5) is 11.5 Å². The molecule has 3 heterocycles. The molecule has 19 heavy (non-hydrogen) atoms. The van der Waals surface area contributed by atoms with Gasteiger partial charge in [-0.05, 0) is 31.7 Å². The van der Waals surface area contributed by atoms with Gasteiger partial charge in [-0.1, -0.05) is 0 Å². The molecule has 2 aliphatic heterocycles. The number of hydrogen-bond donors (Lipinski definition) is 1. The minimum absolute atomic E-state index is 0.123. The van der Waals surface area contributed by atoms with Gasteiger partial charge in [-0.3, -0.25) is 10.1 Å². The Hall–Kier alpha value is -1.69. The van der Waals surface area contributed by atoms with Gasteiger partial charge in [0.25, 0.3) is 0 Å². The van der Waals surface area contributed by atoms with Gasteiger partial charge in [-0.2, -0.15) is 0 Å². The molecular weight excluding hydrogens is 244 g/mol. The van der Waals surface area contributed by atoms with Gasteiger partial charge in [0.15, 0.2) is 0 Å². The molecule has 2 atom stereocenters. The fourth-order valence-corrected chi connectivity index (χ4v) is 3.06. The van der Waals surface area contributed by atoms with Crippen molar-refractivity contribution in [3.63, 3.8) is 0 Å². The highest BCUT2D eigenvalue weighted by atomic mass is 16.6. The molecule has 2 bridgehead atoms. The number of aromatic nitrogens is 1. The Balaban J connectivity index is 1.91. The summed E-state index contributed by atoms with van der Waals surface area (Å²) in [5, 5.41) is 14.8. The topological polar surface area (TPSA) is 71.3 Å². The van der Waals surface area contributed by atoms with Gasteiger partial charge in [0.1, 0.15) is 0 Å². The van der Waals surface area contributed by atoms with Gasteiger partial charge >= 0.3 is 5.69 Å². The zero-order chi connectivity index (χ0) is 13.4. The third-order valence-corrected chi connectivity index (χ3v) is 4.00. The summed E-state index contributed by atoms with van der Waals surface area (Å²) >= 11 is 0. The van der Waals surface area contributed by atoms with E-state index in [-0.39, 0.29) is 10.6 Å². The summed E-state index contributed by atoms with van der Waals surface area (Å²) in [6.07, 6.45) is 5.12. The van der Waals surface area contributed by atoms with Crippen LogP contribution in [0.5, 0.6) is 0 Å². The molecule has 6 heteroatoms. The van der Waals surface area contributed by atoms with Crippen molar-refractivity contribution in [3.8, 4) is 0 Å². The lowest BCUT2D eigenvalue weighted by atomic mass is 10.1. The monoisotopic (exact) mass is 262 g/mol. The fourth-order valence-electron chi connectivity index (χ4n) is 3.06. The molecule has 102 valence electrons. The molecule has 0 radical (unpaired) electrons. The summed E-state index contributed by atoms with van der Waals surface area (Å²) in [6, 6.07) is 2.62. The molecule has 1 N–H and O–H groups in total. The van der Waals surface area contributed by atoms with Crippen LogP contribution in [-0.4, -0.2) is 35.1 Å². The fraction of sp³-hybridized carbons (Fsp3) is 0.615. The number of nitrogens with zero attached hydrogens (tertiary/aromatic N) is 3. The van der Waals surface area contributed by atoms with E-state index in [9.17, 15) is 10.1 Å². The molecular formula is C13H18N4O2. The summed E-state index contributed by atoms with van der Waals surface area (Å²) in [7, 11) is 0. The van der Waals surface area contributed by atoms with Gasteiger partial charge in [0.05, 0.1) is 4.92 Å². The molecule has 2 saturated heterocycles. The highest BCUT2D eigenvalue weighted by Crippen LogP contribution is 2.30. The van der Waals surface area contributed by atoms with Crippen LogP contribution in [0.25, 0.3) is 0 Å². The Kier molecular flexibility index (Phi) is 3.10. The minimum Gasteiger partial charge on any atom is -0.349 e. The first kappa shape index (κ1) is 12.3. The van der Waals surface area contributed by atoms with Crippen LogP contribution in [0.2, 0.25) is 0 Å². The van der Waals surface area contributed by atoms with Gasteiger partial charge in [-0.15, -0.1) is 0 Å². The maximum Gasteiger partial charge on any atom is 0.311 e. The number of pyridine rings is 1. The van der Waals surface area contributed by atoms with Crippen LogP contribution >= 0.6 is 0 Å². The van der Waals surface area contributed by atoms with E-state index < -0.39 is 0 Å². The molecule has 0 aliphatic carbocycles.